The topological polar surface area (TPSA) is 110 Å². The molecule has 1 fully saturated rings. The number of aryl methyl sites for hydroxylation is 1. The molecule has 1 aromatic rings. The number of carbonyl (C=O) groups excluding carboxylic acids is 1. The van der Waals surface area contributed by atoms with Crippen LogP contribution in [0.3, 0.4) is 0 Å². The van der Waals surface area contributed by atoms with Crippen LogP contribution in [0.25, 0.3) is 0 Å². The minimum absolute atomic E-state index is 0.0160. The van der Waals surface area contributed by atoms with Crippen LogP contribution in [0.4, 0.5) is 5.69 Å². The molecular weight excluding hydrogens is 292 g/mol. The van der Waals surface area contributed by atoms with Crippen LogP contribution in [0, 0.1) is 10.1 Å². The van der Waals surface area contributed by atoms with Gasteiger partial charge in [-0.1, -0.05) is 12.1 Å². The number of hydrogen-bond acceptors (Lipinski definition) is 5. The summed E-state index contributed by atoms with van der Waals surface area (Å²) in [5.74, 6) is -1.38. The minimum Gasteiger partial charge on any atom is -0.480 e. The highest BCUT2D eigenvalue weighted by molar-refractivity contribution is 5.84. The zero-order chi connectivity index (χ0) is 16.1. The van der Waals surface area contributed by atoms with E-state index in [1.54, 1.807) is 12.1 Å². The second-order valence-corrected chi connectivity index (χ2v) is 4.94. The number of benzene rings is 1. The van der Waals surface area contributed by atoms with Gasteiger partial charge in [0.05, 0.1) is 18.1 Å². The van der Waals surface area contributed by atoms with Crippen molar-refractivity contribution in [3.05, 3.63) is 39.9 Å². The van der Waals surface area contributed by atoms with E-state index in [2.05, 4.69) is 0 Å². The third-order valence-corrected chi connectivity index (χ3v) is 3.48. The Morgan fingerprint density at radius 1 is 1.45 bits per heavy atom. The quantitative estimate of drug-likeness (QED) is 0.637. The Morgan fingerprint density at radius 3 is 2.91 bits per heavy atom. The number of carboxylic acid groups (broad SMARTS) is 1. The minimum atomic E-state index is -1.09. The molecule has 118 valence electrons. The van der Waals surface area contributed by atoms with E-state index in [4.69, 9.17) is 9.84 Å². The van der Waals surface area contributed by atoms with Crippen molar-refractivity contribution in [2.45, 2.75) is 18.9 Å². The molecule has 1 amide bonds. The number of carbonyl (C=O) groups is 2. The molecule has 8 nitrogen and oxygen atoms in total. The largest absolute Gasteiger partial charge is 0.480 e. The van der Waals surface area contributed by atoms with E-state index in [0.29, 0.717) is 18.6 Å². The molecule has 1 unspecified atom stereocenters. The summed E-state index contributed by atoms with van der Waals surface area (Å²) < 4.78 is 5.08. The standard InChI is InChI=1S/C14H16N2O6/c17-13(15-6-7-22-9-12(15)14(18)19)5-4-10-2-1-3-11(8-10)16(20)21/h1-3,8,12H,4-7,9H2,(H,18,19). The molecule has 1 aromatic carbocycles. The number of nitro groups is 1. The molecule has 0 radical (unpaired) electrons. The summed E-state index contributed by atoms with van der Waals surface area (Å²) in [6.07, 6.45) is 0.426. The smallest absolute Gasteiger partial charge is 0.328 e. The van der Waals surface area contributed by atoms with E-state index >= 15 is 0 Å². The van der Waals surface area contributed by atoms with E-state index in [1.807, 2.05) is 0 Å². The predicted octanol–water partition coefficient (Wildman–Crippen LogP) is 0.839. The van der Waals surface area contributed by atoms with Crippen molar-refractivity contribution in [2.75, 3.05) is 19.8 Å². The van der Waals surface area contributed by atoms with E-state index < -0.39 is 16.9 Å². The number of non-ortho nitro benzene ring substituents is 1. The Kier molecular flexibility index (Phi) is 5.05. The van der Waals surface area contributed by atoms with Crippen LogP contribution in [0.5, 0.6) is 0 Å². The summed E-state index contributed by atoms with van der Waals surface area (Å²) in [6.45, 7) is 0.537. The van der Waals surface area contributed by atoms with E-state index in [1.165, 1.54) is 17.0 Å². The van der Waals surface area contributed by atoms with E-state index in [9.17, 15) is 19.7 Å². The zero-order valence-electron chi connectivity index (χ0n) is 11.8. The number of nitrogens with zero attached hydrogens (tertiary/aromatic N) is 2. The van der Waals surface area contributed by atoms with Gasteiger partial charge in [0.2, 0.25) is 5.91 Å². The first-order chi connectivity index (χ1) is 10.5. The lowest BCUT2D eigenvalue weighted by atomic mass is 10.1. The van der Waals surface area contributed by atoms with Crippen molar-refractivity contribution in [1.82, 2.24) is 4.90 Å². The fourth-order valence-corrected chi connectivity index (χ4v) is 2.33. The van der Waals surface area contributed by atoms with Crippen molar-refractivity contribution < 1.29 is 24.4 Å². The molecule has 0 aliphatic carbocycles. The van der Waals surface area contributed by atoms with Crippen LogP contribution in [-0.4, -0.2) is 52.6 Å². The Bertz CT molecular complexity index is 588. The van der Waals surface area contributed by atoms with Crippen LogP contribution in [0.2, 0.25) is 0 Å². The van der Waals surface area contributed by atoms with Crippen molar-refractivity contribution in [3.63, 3.8) is 0 Å². The Balaban J connectivity index is 1.98. The van der Waals surface area contributed by atoms with Crippen LogP contribution < -0.4 is 0 Å². The third kappa shape index (κ3) is 3.79. The fraction of sp³-hybridized carbons (Fsp3) is 0.429. The average molecular weight is 308 g/mol. The summed E-state index contributed by atoms with van der Waals surface area (Å²) in [4.78, 5) is 34.8. The van der Waals surface area contributed by atoms with Gasteiger partial charge in [0, 0.05) is 25.1 Å². The van der Waals surface area contributed by atoms with Crippen molar-refractivity contribution in [2.24, 2.45) is 0 Å². The monoisotopic (exact) mass is 308 g/mol. The maximum absolute atomic E-state index is 12.2. The number of amides is 1. The van der Waals surface area contributed by atoms with Gasteiger partial charge < -0.3 is 14.7 Å². The van der Waals surface area contributed by atoms with Gasteiger partial charge in [-0.15, -0.1) is 0 Å². The molecule has 0 bridgehead atoms. The summed E-state index contributed by atoms with van der Waals surface area (Å²) in [7, 11) is 0. The first-order valence-electron chi connectivity index (χ1n) is 6.82. The number of hydrogen-bond donors (Lipinski definition) is 1. The maximum Gasteiger partial charge on any atom is 0.328 e. The van der Waals surface area contributed by atoms with Gasteiger partial charge in [-0.2, -0.15) is 0 Å². The van der Waals surface area contributed by atoms with Crippen LogP contribution in [-0.2, 0) is 20.7 Å². The Hall–Kier alpha value is -2.48. The number of carboxylic acids is 1. The highest BCUT2D eigenvalue weighted by Crippen LogP contribution is 2.16. The number of morpholine rings is 1. The normalized spacial score (nSPS) is 18.0. The summed E-state index contributed by atoms with van der Waals surface area (Å²) in [5, 5.41) is 19.8. The average Bonchev–Trinajstić information content (AvgIpc) is 2.52. The van der Waals surface area contributed by atoms with Gasteiger partial charge >= 0.3 is 5.97 Å². The van der Waals surface area contributed by atoms with Crippen molar-refractivity contribution in [1.29, 1.82) is 0 Å². The molecule has 0 spiro atoms. The van der Waals surface area contributed by atoms with Gasteiger partial charge in [-0.05, 0) is 12.0 Å². The highest BCUT2D eigenvalue weighted by Gasteiger charge is 2.32. The Labute approximate surface area is 126 Å². The molecular formula is C14H16N2O6. The number of aliphatic carboxylic acids is 1. The zero-order valence-corrected chi connectivity index (χ0v) is 11.8. The molecule has 1 aliphatic rings. The molecule has 1 atom stereocenters. The first kappa shape index (κ1) is 15.9. The lowest BCUT2D eigenvalue weighted by molar-refractivity contribution is -0.384. The molecule has 0 saturated carbocycles. The lowest BCUT2D eigenvalue weighted by Gasteiger charge is -2.32. The summed E-state index contributed by atoms with van der Waals surface area (Å²) in [6, 6.07) is 5.10. The summed E-state index contributed by atoms with van der Waals surface area (Å²) >= 11 is 0. The van der Waals surface area contributed by atoms with Crippen LogP contribution >= 0.6 is 0 Å². The first-order valence-corrected chi connectivity index (χ1v) is 6.82. The second-order valence-electron chi connectivity index (χ2n) is 4.94. The molecule has 22 heavy (non-hydrogen) atoms. The van der Waals surface area contributed by atoms with Gasteiger partial charge in [0.1, 0.15) is 0 Å². The number of ether oxygens (including phenoxy) is 1. The summed E-state index contributed by atoms with van der Waals surface area (Å²) in [5.41, 5.74) is 0.641. The Morgan fingerprint density at radius 2 is 2.23 bits per heavy atom. The maximum atomic E-state index is 12.2. The molecule has 1 heterocycles. The number of rotatable bonds is 5. The van der Waals surface area contributed by atoms with Crippen molar-refractivity contribution in [3.8, 4) is 0 Å². The van der Waals surface area contributed by atoms with Crippen LogP contribution in [0.1, 0.15) is 12.0 Å². The van der Waals surface area contributed by atoms with Gasteiger partial charge in [-0.3, -0.25) is 14.9 Å². The molecule has 2 rings (SSSR count). The molecule has 1 saturated heterocycles. The predicted molar refractivity (Wildman–Crippen MR) is 75.4 cm³/mol. The van der Waals surface area contributed by atoms with Crippen LogP contribution in [0.15, 0.2) is 24.3 Å². The second kappa shape index (κ2) is 6.99. The SMILES string of the molecule is O=C(O)C1COCCN1C(=O)CCc1cccc([N+](=O)[O-])c1. The van der Waals surface area contributed by atoms with Gasteiger partial charge in [-0.25, -0.2) is 4.79 Å². The molecule has 1 aliphatic heterocycles. The van der Waals surface area contributed by atoms with Gasteiger partial charge in [0.25, 0.3) is 5.69 Å². The van der Waals surface area contributed by atoms with Crippen molar-refractivity contribution >= 4 is 17.6 Å². The molecule has 1 N–H and O–H groups in total. The molecule has 8 heteroatoms. The number of nitro benzene ring substituents is 1. The van der Waals surface area contributed by atoms with E-state index in [-0.39, 0.29) is 31.2 Å². The lowest BCUT2D eigenvalue weighted by Crippen LogP contribution is -2.52. The highest BCUT2D eigenvalue weighted by atomic mass is 16.6. The van der Waals surface area contributed by atoms with E-state index in [0.717, 1.165) is 0 Å². The third-order valence-electron chi connectivity index (χ3n) is 3.48. The fourth-order valence-electron chi connectivity index (χ4n) is 2.33. The van der Waals surface area contributed by atoms with Gasteiger partial charge in [0.15, 0.2) is 6.04 Å². The molecule has 0 aromatic heterocycles.